The molecular weight excluding hydrogens is 222 g/mol. The molecule has 18 heavy (non-hydrogen) atoms. The SMILES string of the molecule is Cc1cccc(OC(CNCC(C)C)C(C)C)c1. The van der Waals surface area contributed by atoms with Crippen LogP contribution >= 0.6 is 0 Å². The topological polar surface area (TPSA) is 21.3 Å². The Morgan fingerprint density at radius 3 is 2.39 bits per heavy atom. The van der Waals surface area contributed by atoms with Crippen molar-refractivity contribution in [2.24, 2.45) is 11.8 Å². The van der Waals surface area contributed by atoms with Crippen LogP contribution in [0.2, 0.25) is 0 Å². The van der Waals surface area contributed by atoms with Crippen LogP contribution in [0.4, 0.5) is 0 Å². The summed E-state index contributed by atoms with van der Waals surface area (Å²) in [6.45, 7) is 12.9. The summed E-state index contributed by atoms with van der Waals surface area (Å²) in [5.41, 5.74) is 1.24. The zero-order valence-corrected chi connectivity index (χ0v) is 12.4. The van der Waals surface area contributed by atoms with Gasteiger partial charge in [0.1, 0.15) is 11.9 Å². The van der Waals surface area contributed by atoms with E-state index in [0.29, 0.717) is 11.8 Å². The monoisotopic (exact) mass is 249 g/mol. The molecule has 0 saturated carbocycles. The summed E-state index contributed by atoms with van der Waals surface area (Å²) in [6.07, 6.45) is 0.227. The molecule has 0 amide bonds. The van der Waals surface area contributed by atoms with Crippen LogP contribution in [-0.4, -0.2) is 19.2 Å². The van der Waals surface area contributed by atoms with Gasteiger partial charge in [-0.1, -0.05) is 39.8 Å². The minimum Gasteiger partial charge on any atom is -0.489 e. The molecule has 0 spiro atoms. The van der Waals surface area contributed by atoms with Crippen LogP contribution in [0.25, 0.3) is 0 Å². The van der Waals surface area contributed by atoms with Crippen LogP contribution in [0.3, 0.4) is 0 Å². The van der Waals surface area contributed by atoms with Crippen LogP contribution in [0.5, 0.6) is 5.75 Å². The van der Waals surface area contributed by atoms with Crippen LogP contribution < -0.4 is 10.1 Å². The van der Waals surface area contributed by atoms with E-state index in [-0.39, 0.29) is 6.10 Å². The first-order valence-electron chi connectivity index (χ1n) is 6.93. The first-order chi connectivity index (χ1) is 8.49. The fourth-order valence-electron chi connectivity index (χ4n) is 1.79. The third kappa shape index (κ3) is 5.54. The summed E-state index contributed by atoms with van der Waals surface area (Å²) in [5.74, 6) is 2.15. The second-order valence-electron chi connectivity index (χ2n) is 5.77. The average Bonchev–Trinajstić information content (AvgIpc) is 2.27. The summed E-state index contributed by atoms with van der Waals surface area (Å²) in [7, 11) is 0. The molecular formula is C16H27NO. The Bertz CT molecular complexity index is 347. The Labute approximate surface area is 112 Å². The smallest absolute Gasteiger partial charge is 0.120 e. The van der Waals surface area contributed by atoms with Gasteiger partial charge in [0.25, 0.3) is 0 Å². The third-order valence-corrected chi connectivity index (χ3v) is 2.92. The zero-order valence-electron chi connectivity index (χ0n) is 12.4. The molecule has 0 aliphatic heterocycles. The van der Waals surface area contributed by atoms with Crippen molar-refractivity contribution in [1.82, 2.24) is 5.32 Å². The number of hydrogen-bond donors (Lipinski definition) is 1. The van der Waals surface area contributed by atoms with Gasteiger partial charge >= 0.3 is 0 Å². The van der Waals surface area contributed by atoms with Crippen LogP contribution in [0, 0.1) is 18.8 Å². The van der Waals surface area contributed by atoms with Gasteiger partial charge in [-0.15, -0.1) is 0 Å². The summed E-state index contributed by atoms with van der Waals surface area (Å²) in [5, 5.41) is 3.48. The first-order valence-corrected chi connectivity index (χ1v) is 6.93. The molecule has 1 aromatic rings. The normalized spacial score (nSPS) is 13.1. The van der Waals surface area contributed by atoms with Gasteiger partial charge in [-0.05, 0) is 43.0 Å². The molecule has 0 bridgehead atoms. The molecule has 1 aromatic carbocycles. The van der Waals surface area contributed by atoms with E-state index in [4.69, 9.17) is 4.74 Å². The van der Waals surface area contributed by atoms with Crippen LogP contribution in [-0.2, 0) is 0 Å². The lowest BCUT2D eigenvalue weighted by atomic mass is 10.1. The number of benzene rings is 1. The Morgan fingerprint density at radius 1 is 1.11 bits per heavy atom. The Morgan fingerprint density at radius 2 is 1.83 bits per heavy atom. The summed E-state index contributed by atoms with van der Waals surface area (Å²) in [6, 6.07) is 8.26. The van der Waals surface area contributed by atoms with Crippen molar-refractivity contribution in [1.29, 1.82) is 0 Å². The van der Waals surface area contributed by atoms with Crippen LogP contribution in [0.15, 0.2) is 24.3 Å². The highest BCUT2D eigenvalue weighted by molar-refractivity contribution is 5.27. The fourth-order valence-corrected chi connectivity index (χ4v) is 1.79. The van der Waals surface area contributed by atoms with E-state index in [1.165, 1.54) is 5.56 Å². The number of ether oxygens (including phenoxy) is 1. The largest absolute Gasteiger partial charge is 0.489 e. The minimum absolute atomic E-state index is 0.227. The highest BCUT2D eigenvalue weighted by Gasteiger charge is 2.15. The van der Waals surface area contributed by atoms with Crippen molar-refractivity contribution < 1.29 is 4.74 Å². The van der Waals surface area contributed by atoms with Crippen molar-refractivity contribution in [3.8, 4) is 5.75 Å². The highest BCUT2D eigenvalue weighted by Crippen LogP contribution is 2.17. The first kappa shape index (κ1) is 15.0. The predicted molar refractivity (Wildman–Crippen MR) is 78.1 cm³/mol. The molecule has 0 fully saturated rings. The van der Waals surface area contributed by atoms with E-state index in [1.54, 1.807) is 0 Å². The van der Waals surface area contributed by atoms with Gasteiger partial charge in [0.05, 0.1) is 0 Å². The molecule has 1 unspecified atom stereocenters. The van der Waals surface area contributed by atoms with Crippen LogP contribution in [0.1, 0.15) is 33.3 Å². The molecule has 0 heterocycles. The van der Waals surface area contributed by atoms with Gasteiger partial charge < -0.3 is 10.1 Å². The quantitative estimate of drug-likeness (QED) is 0.796. The molecule has 1 N–H and O–H groups in total. The minimum atomic E-state index is 0.227. The molecule has 0 saturated heterocycles. The summed E-state index contributed by atoms with van der Waals surface area (Å²) < 4.78 is 6.08. The van der Waals surface area contributed by atoms with Gasteiger partial charge in [0, 0.05) is 6.54 Å². The molecule has 0 aliphatic rings. The number of nitrogens with one attached hydrogen (secondary N) is 1. The van der Waals surface area contributed by atoms with Crippen molar-refractivity contribution in [2.75, 3.05) is 13.1 Å². The van der Waals surface area contributed by atoms with E-state index in [0.717, 1.165) is 18.8 Å². The van der Waals surface area contributed by atoms with Crippen molar-refractivity contribution >= 4 is 0 Å². The van der Waals surface area contributed by atoms with E-state index in [1.807, 2.05) is 12.1 Å². The summed E-state index contributed by atoms with van der Waals surface area (Å²) >= 11 is 0. The molecule has 2 nitrogen and oxygen atoms in total. The maximum absolute atomic E-state index is 6.08. The van der Waals surface area contributed by atoms with E-state index >= 15 is 0 Å². The van der Waals surface area contributed by atoms with Gasteiger partial charge in [-0.2, -0.15) is 0 Å². The Balaban J connectivity index is 2.52. The second-order valence-corrected chi connectivity index (χ2v) is 5.77. The lowest BCUT2D eigenvalue weighted by molar-refractivity contribution is 0.148. The van der Waals surface area contributed by atoms with E-state index in [9.17, 15) is 0 Å². The second kappa shape index (κ2) is 7.42. The van der Waals surface area contributed by atoms with Gasteiger partial charge in [-0.3, -0.25) is 0 Å². The molecule has 0 radical (unpaired) electrons. The van der Waals surface area contributed by atoms with E-state index < -0.39 is 0 Å². The molecule has 1 rings (SSSR count). The molecule has 102 valence electrons. The maximum Gasteiger partial charge on any atom is 0.120 e. The van der Waals surface area contributed by atoms with Crippen molar-refractivity contribution in [3.05, 3.63) is 29.8 Å². The number of aryl methyl sites for hydroxylation is 1. The lowest BCUT2D eigenvalue weighted by Crippen LogP contribution is -2.36. The Kier molecular flexibility index (Phi) is 6.20. The van der Waals surface area contributed by atoms with E-state index in [2.05, 4.69) is 52.1 Å². The third-order valence-electron chi connectivity index (χ3n) is 2.92. The highest BCUT2D eigenvalue weighted by atomic mass is 16.5. The van der Waals surface area contributed by atoms with Crippen molar-refractivity contribution in [2.45, 2.75) is 40.7 Å². The molecule has 0 aliphatic carbocycles. The average molecular weight is 249 g/mol. The summed E-state index contributed by atoms with van der Waals surface area (Å²) in [4.78, 5) is 0. The standard InChI is InChI=1S/C16H27NO/c1-12(2)10-17-11-16(13(3)4)18-15-8-6-7-14(5)9-15/h6-9,12-13,16-17H,10-11H2,1-5H3. The van der Waals surface area contributed by atoms with Gasteiger partial charge in [-0.25, -0.2) is 0 Å². The maximum atomic E-state index is 6.08. The molecule has 2 heteroatoms. The van der Waals surface area contributed by atoms with Gasteiger partial charge in [0.2, 0.25) is 0 Å². The lowest BCUT2D eigenvalue weighted by Gasteiger charge is -2.23. The molecule has 0 aromatic heterocycles. The zero-order chi connectivity index (χ0) is 13.5. The number of hydrogen-bond acceptors (Lipinski definition) is 2. The van der Waals surface area contributed by atoms with Crippen molar-refractivity contribution in [3.63, 3.8) is 0 Å². The Hall–Kier alpha value is -1.02. The van der Waals surface area contributed by atoms with Gasteiger partial charge in [0.15, 0.2) is 0 Å². The molecule has 1 atom stereocenters. The number of rotatable bonds is 7. The predicted octanol–water partition coefficient (Wildman–Crippen LogP) is 3.64. The fraction of sp³-hybridized carbons (Fsp3) is 0.625.